The van der Waals surface area contributed by atoms with Crippen LogP contribution in [0.2, 0.25) is 0 Å². The highest BCUT2D eigenvalue weighted by molar-refractivity contribution is 5.83. The fraction of sp³-hybridized carbons (Fsp3) is 0.458. The predicted octanol–water partition coefficient (Wildman–Crippen LogP) is 3.78. The van der Waals surface area contributed by atoms with E-state index in [1.54, 1.807) is 0 Å². The van der Waals surface area contributed by atoms with Gasteiger partial charge in [-0.05, 0) is 50.7 Å². The molecule has 5 heteroatoms. The third-order valence-electron chi connectivity index (χ3n) is 5.65. The molecule has 0 radical (unpaired) electrons. The van der Waals surface area contributed by atoms with E-state index in [2.05, 4.69) is 76.0 Å². The zero-order chi connectivity index (χ0) is 20.1. The SMILES string of the molecule is CN(C)CCn1cc(CN(Cc2ccccn2)CC2CCCO2)c2ccccc21. The molecule has 0 amide bonds. The van der Waals surface area contributed by atoms with Crippen LogP contribution in [0.15, 0.2) is 54.9 Å². The zero-order valence-corrected chi connectivity index (χ0v) is 17.6. The van der Waals surface area contributed by atoms with E-state index in [1.807, 2.05) is 12.3 Å². The molecule has 0 aliphatic carbocycles. The molecule has 0 N–H and O–H groups in total. The number of hydrogen-bond donors (Lipinski definition) is 0. The van der Waals surface area contributed by atoms with Gasteiger partial charge < -0.3 is 14.2 Å². The predicted molar refractivity (Wildman–Crippen MR) is 118 cm³/mol. The maximum Gasteiger partial charge on any atom is 0.0703 e. The van der Waals surface area contributed by atoms with Gasteiger partial charge in [0.2, 0.25) is 0 Å². The van der Waals surface area contributed by atoms with Crippen molar-refractivity contribution in [2.24, 2.45) is 0 Å². The summed E-state index contributed by atoms with van der Waals surface area (Å²) in [5, 5.41) is 1.35. The van der Waals surface area contributed by atoms with Gasteiger partial charge in [-0.25, -0.2) is 0 Å². The minimum atomic E-state index is 0.334. The van der Waals surface area contributed by atoms with E-state index < -0.39 is 0 Å². The summed E-state index contributed by atoms with van der Waals surface area (Å²) < 4.78 is 8.34. The first-order chi connectivity index (χ1) is 14.2. The standard InChI is InChI=1S/C24H32N4O/c1-26(2)13-14-28-17-20(23-10-3-4-11-24(23)28)16-27(19-22-9-7-15-29-22)18-21-8-5-6-12-25-21/h3-6,8,10-12,17,22H,7,9,13-16,18-19H2,1-2H3. The minimum absolute atomic E-state index is 0.334. The summed E-state index contributed by atoms with van der Waals surface area (Å²) in [4.78, 5) is 9.29. The molecule has 1 atom stereocenters. The van der Waals surface area contributed by atoms with Gasteiger partial charge in [-0.1, -0.05) is 24.3 Å². The molecule has 29 heavy (non-hydrogen) atoms. The first kappa shape index (κ1) is 20.1. The molecule has 0 bridgehead atoms. The van der Waals surface area contributed by atoms with Gasteiger partial charge in [0.15, 0.2) is 0 Å². The molecule has 3 heterocycles. The first-order valence-corrected chi connectivity index (χ1v) is 10.6. The fourth-order valence-electron chi connectivity index (χ4n) is 4.16. The van der Waals surface area contributed by atoms with Gasteiger partial charge in [0, 0.05) is 62.6 Å². The number of pyridine rings is 1. The van der Waals surface area contributed by atoms with Crippen molar-refractivity contribution in [1.29, 1.82) is 0 Å². The van der Waals surface area contributed by atoms with Crippen molar-refractivity contribution in [2.75, 3.05) is 33.8 Å². The highest BCUT2D eigenvalue weighted by Crippen LogP contribution is 2.24. The van der Waals surface area contributed by atoms with E-state index in [4.69, 9.17) is 4.74 Å². The number of rotatable bonds is 9. The van der Waals surface area contributed by atoms with Crippen LogP contribution in [0.3, 0.4) is 0 Å². The summed E-state index contributed by atoms with van der Waals surface area (Å²) in [7, 11) is 4.26. The molecular weight excluding hydrogens is 360 g/mol. The van der Waals surface area contributed by atoms with Gasteiger partial charge in [0.25, 0.3) is 0 Å². The molecule has 1 unspecified atom stereocenters. The lowest BCUT2D eigenvalue weighted by molar-refractivity contribution is 0.0676. The number of para-hydroxylation sites is 1. The van der Waals surface area contributed by atoms with Gasteiger partial charge >= 0.3 is 0 Å². The average molecular weight is 393 g/mol. The lowest BCUT2D eigenvalue weighted by Gasteiger charge is -2.24. The molecule has 0 spiro atoms. The van der Waals surface area contributed by atoms with Crippen molar-refractivity contribution in [3.8, 4) is 0 Å². The summed E-state index contributed by atoms with van der Waals surface area (Å²) in [5.74, 6) is 0. The van der Waals surface area contributed by atoms with Crippen LogP contribution >= 0.6 is 0 Å². The van der Waals surface area contributed by atoms with Crippen LogP contribution in [-0.2, 0) is 24.4 Å². The largest absolute Gasteiger partial charge is 0.377 e. The molecule has 5 nitrogen and oxygen atoms in total. The molecule has 0 saturated carbocycles. The van der Waals surface area contributed by atoms with Crippen molar-refractivity contribution < 1.29 is 4.74 Å². The number of aromatic nitrogens is 2. The van der Waals surface area contributed by atoms with E-state index >= 15 is 0 Å². The van der Waals surface area contributed by atoms with Gasteiger partial charge in [-0.15, -0.1) is 0 Å². The van der Waals surface area contributed by atoms with E-state index in [-0.39, 0.29) is 0 Å². The first-order valence-electron chi connectivity index (χ1n) is 10.6. The highest BCUT2D eigenvalue weighted by Gasteiger charge is 2.21. The van der Waals surface area contributed by atoms with Gasteiger partial charge in [0.05, 0.1) is 11.8 Å². The molecule has 4 rings (SSSR count). The van der Waals surface area contributed by atoms with Crippen LogP contribution in [0, 0.1) is 0 Å². The normalized spacial score (nSPS) is 17.0. The highest BCUT2D eigenvalue weighted by atomic mass is 16.5. The van der Waals surface area contributed by atoms with Gasteiger partial charge in [-0.3, -0.25) is 9.88 Å². The number of fused-ring (bicyclic) bond motifs is 1. The monoisotopic (exact) mass is 392 g/mol. The van der Waals surface area contributed by atoms with E-state index in [0.29, 0.717) is 6.10 Å². The van der Waals surface area contributed by atoms with Crippen molar-refractivity contribution >= 4 is 10.9 Å². The van der Waals surface area contributed by atoms with E-state index in [1.165, 1.54) is 22.9 Å². The second-order valence-electron chi connectivity index (χ2n) is 8.29. The number of ether oxygens (including phenoxy) is 1. The van der Waals surface area contributed by atoms with Crippen LogP contribution in [-0.4, -0.2) is 59.2 Å². The molecule has 3 aromatic rings. The molecule has 154 valence electrons. The Morgan fingerprint density at radius 1 is 1.10 bits per heavy atom. The van der Waals surface area contributed by atoms with Crippen LogP contribution in [0.1, 0.15) is 24.1 Å². The van der Waals surface area contributed by atoms with Gasteiger partial charge in [-0.2, -0.15) is 0 Å². The molecule has 1 aliphatic heterocycles. The van der Waals surface area contributed by atoms with Crippen LogP contribution in [0.4, 0.5) is 0 Å². The lowest BCUT2D eigenvalue weighted by atomic mass is 10.1. The molecule has 1 aromatic carbocycles. The average Bonchev–Trinajstić information content (AvgIpc) is 3.35. The molecular formula is C24H32N4O. The van der Waals surface area contributed by atoms with Crippen LogP contribution < -0.4 is 0 Å². The fourth-order valence-corrected chi connectivity index (χ4v) is 4.16. The maximum atomic E-state index is 5.94. The topological polar surface area (TPSA) is 33.5 Å². The Hall–Kier alpha value is -2.21. The van der Waals surface area contributed by atoms with Crippen LogP contribution in [0.5, 0.6) is 0 Å². The number of benzene rings is 1. The van der Waals surface area contributed by atoms with E-state index in [9.17, 15) is 0 Å². The second-order valence-corrected chi connectivity index (χ2v) is 8.29. The second kappa shape index (κ2) is 9.53. The summed E-state index contributed by atoms with van der Waals surface area (Å²) in [5.41, 5.74) is 3.81. The zero-order valence-electron chi connectivity index (χ0n) is 17.6. The Morgan fingerprint density at radius 2 is 1.97 bits per heavy atom. The summed E-state index contributed by atoms with van der Waals surface area (Å²) >= 11 is 0. The van der Waals surface area contributed by atoms with Gasteiger partial charge in [0.1, 0.15) is 0 Å². The van der Waals surface area contributed by atoms with Crippen LogP contribution in [0.25, 0.3) is 10.9 Å². The number of likely N-dealkylation sites (N-methyl/N-ethyl adjacent to an activating group) is 1. The Balaban J connectivity index is 1.57. The minimum Gasteiger partial charge on any atom is -0.377 e. The number of nitrogens with zero attached hydrogens (tertiary/aromatic N) is 4. The molecule has 2 aromatic heterocycles. The van der Waals surface area contributed by atoms with Crippen molar-refractivity contribution in [3.05, 3.63) is 66.1 Å². The maximum absolute atomic E-state index is 5.94. The lowest BCUT2D eigenvalue weighted by Crippen LogP contribution is -2.31. The third-order valence-corrected chi connectivity index (χ3v) is 5.65. The Labute approximate surface area is 173 Å². The Kier molecular flexibility index (Phi) is 6.60. The van der Waals surface area contributed by atoms with E-state index in [0.717, 1.165) is 51.4 Å². The Bertz CT molecular complexity index is 900. The third kappa shape index (κ3) is 5.24. The number of hydrogen-bond acceptors (Lipinski definition) is 4. The summed E-state index contributed by atoms with van der Waals surface area (Å²) in [6, 6.07) is 14.9. The van der Waals surface area contributed by atoms with Crippen molar-refractivity contribution in [2.45, 2.75) is 38.6 Å². The molecule has 1 aliphatic rings. The molecule has 1 fully saturated rings. The summed E-state index contributed by atoms with van der Waals surface area (Å²) in [6.45, 7) is 5.63. The summed E-state index contributed by atoms with van der Waals surface area (Å²) in [6.07, 6.45) is 6.89. The smallest absolute Gasteiger partial charge is 0.0703 e. The van der Waals surface area contributed by atoms with Crippen molar-refractivity contribution in [1.82, 2.24) is 19.4 Å². The Morgan fingerprint density at radius 3 is 2.72 bits per heavy atom. The van der Waals surface area contributed by atoms with Crippen molar-refractivity contribution in [3.63, 3.8) is 0 Å². The molecule has 1 saturated heterocycles. The quantitative estimate of drug-likeness (QED) is 0.555.